The van der Waals surface area contributed by atoms with Gasteiger partial charge in [-0.2, -0.15) is 0 Å². The molecule has 0 radical (unpaired) electrons. The smallest absolute Gasteiger partial charge is 0.220 e. The molecule has 1 N–H and O–H groups in total. The highest BCUT2D eigenvalue weighted by atomic mass is 32.1. The van der Waals surface area contributed by atoms with Crippen molar-refractivity contribution in [1.82, 2.24) is 10.3 Å². The van der Waals surface area contributed by atoms with E-state index in [4.69, 9.17) is 0 Å². The second kappa shape index (κ2) is 6.48. The zero-order valence-electron chi connectivity index (χ0n) is 11.3. The van der Waals surface area contributed by atoms with Crippen LogP contribution < -0.4 is 5.32 Å². The van der Waals surface area contributed by atoms with Gasteiger partial charge in [0.1, 0.15) is 0 Å². The van der Waals surface area contributed by atoms with Gasteiger partial charge in [0.2, 0.25) is 5.91 Å². The van der Waals surface area contributed by atoms with E-state index in [1.165, 1.54) is 11.1 Å². The fourth-order valence-electron chi connectivity index (χ4n) is 1.83. The number of nitrogens with one attached hydrogen (secondary N) is 1. The van der Waals surface area contributed by atoms with Crippen molar-refractivity contribution < 1.29 is 4.79 Å². The maximum Gasteiger partial charge on any atom is 0.220 e. The monoisotopic (exact) mass is 274 g/mol. The Bertz CT molecular complexity index is 563. The van der Waals surface area contributed by atoms with Gasteiger partial charge in [0.05, 0.1) is 5.01 Å². The van der Waals surface area contributed by atoms with E-state index < -0.39 is 0 Å². The first-order valence-electron chi connectivity index (χ1n) is 6.37. The third-order valence-electron chi connectivity index (χ3n) is 2.97. The Morgan fingerprint density at radius 1 is 1.32 bits per heavy atom. The van der Waals surface area contributed by atoms with Crippen LogP contribution in [0, 0.1) is 13.8 Å². The van der Waals surface area contributed by atoms with Crippen molar-refractivity contribution in [2.75, 3.05) is 0 Å². The standard InChI is InChI=1S/C15H18N2OS/c1-11-5-3-4-6-13(11)9-16-14(18)7-8-15-17-12(2)10-19-15/h3-6,10H,7-9H2,1-2H3,(H,16,18). The molecule has 0 spiro atoms. The van der Waals surface area contributed by atoms with Gasteiger partial charge in [-0.15, -0.1) is 11.3 Å². The molecule has 2 aromatic rings. The summed E-state index contributed by atoms with van der Waals surface area (Å²) in [5.41, 5.74) is 3.40. The van der Waals surface area contributed by atoms with Crippen LogP contribution in [-0.4, -0.2) is 10.9 Å². The topological polar surface area (TPSA) is 42.0 Å². The van der Waals surface area contributed by atoms with Gasteiger partial charge in [0.25, 0.3) is 0 Å². The zero-order chi connectivity index (χ0) is 13.7. The molecule has 100 valence electrons. The number of carbonyl (C=O) groups excluding carboxylic acids is 1. The summed E-state index contributed by atoms with van der Waals surface area (Å²) in [5, 5.41) is 6.00. The number of benzene rings is 1. The summed E-state index contributed by atoms with van der Waals surface area (Å²) in [6.45, 7) is 4.63. The van der Waals surface area contributed by atoms with Gasteiger partial charge in [-0.05, 0) is 25.0 Å². The number of carbonyl (C=O) groups is 1. The van der Waals surface area contributed by atoms with Crippen LogP contribution in [-0.2, 0) is 17.8 Å². The number of nitrogens with zero attached hydrogens (tertiary/aromatic N) is 1. The molecule has 0 fully saturated rings. The first-order valence-corrected chi connectivity index (χ1v) is 7.25. The third-order valence-corrected chi connectivity index (χ3v) is 4.00. The van der Waals surface area contributed by atoms with E-state index in [-0.39, 0.29) is 5.91 Å². The van der Waals surface area contributed by atoms with Crippen molar-refractivity contribution in [3.8, 4) is 0 Å². The van der Waals surface area contributed by atoms with Crippen LogP contribution in [0.15, 0.2) is 29.6 Å². The van der Waals surface area contributed by atoms with Crippen molar-refractivity contribution in [2.24, 2.45) is 0 Å². The Morgan fingerprint density at radius 3 is 2.79 bits per heavy atom. The molecule has 4 heteroatoms. The molecule has 0 saturated heterocycles. The predicted molar refractivity (Wildman–Crippen MR) is 78.2 cm³/mol. The lowest BCUT2D eigenvalue weighted by atomic mass is 10.1. The summed E-state index contributed by atoms with van der Waals surface area (Å²) in [4.78, 5) is 16.1. The molecule has 0 atom stereocenters. The minimum Gasteiger partial charge on any atom is -0.352 e. The third kappa shape index (κ3) is 4.17. The Kier molecular flexibility index (Phi) is 4.68. The summed E-state index contributed by atoms with van der Waals surface area (Å²) >= 11 is 1.62. The van der Waals surface area contributed by atoms with Crippen LogP contribution in [0.4, 0.5) is 0 Å². The van der Waals surface area contributed by atoms with Crippen LogP contribution in [0.25, 0.3) is 0 Å². The molecule has 2 rings (SSSR count). The number of rotatable bonds is 5. The lowest BCUT2D eigenvalue weighted by molar-refractivity contribution is -0.121. The molecule has 1 aromatic carbocycles. The fourth-order valence-corrected chi connectivity index (χ4v) is 2.60. The summed E-state index contributed by atoms with van der Waals surface area (Å²) in [6, 6.07) is 8.10. The fraction of sp³-hybridized carbons (Fsp3) is 0.333. The Morgan fingerprint density at radius 2 is 2.11 bits per heavy atom. The average molecular weight is 274 g/mol. The summed E-state index contributed by atoms with van der Waals surface area (Å²) < 4.78 is 0. The molecule has 19 heavy (non-hydrogen) atoms. The van der Waals surface area contributed by atoms with E-state index >= 15 is 0 Å². The van der Waals surface area contributed by atoms with E-state index in [1.807, 2.05) is 30.5 Å². The molecule has 0 bridgehead atoms. The first-order chi connectivity index (χ1) is 9.15. The van der Waals surface area contributed by atoms with Gasteiger partial charge >= 0.3 is 0 Å². The van der Waals surface area contributed by atoms with Crippen molar-refractivity contribution in [3.63, 3.8) is 0 Å². The number of aryl methyl sites for hydroxylation is 3. The van der Waals surface area contributed by atoms with Crippen molar-refractivity contribution in [2.45, 2.75) is 33.2 Å². The number of hydrogen-bond donors (Lipinski definition) is 1. The highest BCUT2D eigenvalue weighted by Gasteiger charge is 2.05. The molecule has 3 nitrogen and oxygen atoms in total. The number of amides is 1. The largest absolute Gasteiger partial charge is 0.352 e. The van der Waals surface area contributed by atoms with Crippen molar-refractivity contribution in [1.29, 1.82) is 0 Å². The SMILES string of the molecule is Cc1csc(CCC(=O)NCc2ccccc2C)n1. The van der Waals surface area contributed by atoms with Crippen LogP contribution in [0.5, 0.6) is 0 Å². The minimum absolute atomic E-state index is 0.0797. The van der Waals surface area contributed by atoms with Gasteiger partial charge < -0.3 is 5.32 Å². The van der Waals surface area contributed by atoms with Gasteiger partial charge in [-0.25, -0.2) is 4.98 Å². The second-order valence-corrected chi connectivity index (χ2v) is 5.53. The molecule has 1 heterocycles. The predicted octanol–water partition coefficient (Wildman–Crippen LogP) is 3.01. The average Bonchev–Trinajstić information content (AvgIpc) is 2.81. The molecule has 0 aliphatic rings. The second-order valence-electron chi connectivity index (χ2n) is 4.59. The maximum atomic E-state index is 11.8. The molecular weight excluding hydrogens is 256 g/mol. The Balaban J connectivity index is 1.77. The van der Waals surface area contributed by atoms with Crippen LogP contribution in [0.3, 0.4) is 0 Å². The zero-order valence-corrected chi connectivity index (χ0v) is 12.1. The quantitative estimate of drug-likeness (QED) is 0.910. The molecular formula is C15H18N2OS. The molecule has 0 aliphatic carbocycles. The van der Waals surface area contributed by atoms with E-state index in [9.17, 15) is 4.79 Å². The Hall–Kier alpha value is -1.68. The highest BCUT2D eigenvalue weighted by Crippen LogP contribution is 2.11. The molecule has 0 unspecified atom stereocenters. The van der Waals surface area contributed by atoms with Gasteiger partial charge in [-0.1, -0.05) is 24.3 Å². The molecule has 1 amide bonds. The summed E-state index contributed by atoms with van der Waals surface area (Å²) in [6.07, 6.45) is 1.22. The van der Waals surface area contributed by atoms with Crippen molar-refractivity contribution in [3.05, 3.63) is 51.5 Å². The van der Waals surface area contributed by atoms with E-state index in [0.717, 1.165) is 17.1 Å². The minimum atomic E-state index is 0.0797. The van der Waals surface area contributed by atoms with Crippen LogP contribution >= 0.6 is 11.3 Å². The maximum absolute atomic E-state index is 11.8. The van der Waals surface area contributed by atoms with Gasteiger partial charge in [-0.3, -0.25) is 4.79 Å². The Labute approximate surface area is 117 Å². The number of aromatic nitrogens is 1. The van der Waals surface area contributed by atoms with E-state index in [0.29, 0.717) is 13.0 Å². The number of thiazole rings is 1. The molecule has 0 saturated carbocycles. The van der Waals surface area contributed by atoms with Gasteiger partial charge in [0, 0.05) is 30.5 Å². The van der Waals surface area contributed by atoms with E-state index in [2.05, 4.69) is 23.3 Å². The lowest BCUT2D eigenvalue weighted by Gasteiger charge is -2.07. The van der Waals surface area contributed by atoms with Gasteiger partial charge in [0.15, 0.2) is 0 Å². The summed E-state index contributed by atoms with van der Waals surface area (Å²) in [7, 11) is 0. The van der Waals surface area contributed by atoms with Crippen LogP contribution in [0.2, 0.25) is 0 Å². The molecule has 1 aromatic heterocycles. The normalized spacial score (nSPS) is 10.4. The van der Waals surface area contributed by atoms with Crippen molar-refractivity contribution >= 4 is 17.2 Å². The first kappa shape index (κ1) is 13.7. The molecule has 0 aliphatic heterocycles. The number of hydrogen-bond acceptors (Lipinski definition) is 3. The van der Waals surface area contributed by atoms with E-state index in [1.54, 1.807) is 11.3 Å². The summed E-state index contributed by atoms with van der Waals surface area (Å²) in [5.74, 6) is 0.0797. The van der Waals surface area contributed by atoms with Crippen LogP contribution in [0.1, 0.15) is 28.2 Å². The highest BCUT2D eigenvalue weighted by molar-refractivity contribution is 7.09. The lowest BCUT2D eigenvalue weighted by Crippen LogP contribution is -2.23.